The fraction of sp³-hybridized carbons (Fsp3) is 0.391. The normalized spacial score (nSPS) is 10.9. The molecule has 0 aliphatic heterocycles. The lowest BCUT2D eigenvalue weighted by Crippen LogP contribution is -2.29. The summed E-state index contributed by atoms with van der Waals surface area (Å²) in [6.45, 7) is 8.83. The fourth-order valence-electron chi connectivity index (χ4n) is 3.06. The van der Waals surface area contributed by atoms with Crippen molar-refractivity contribution in [1.82, 2.24) is 5.32 Å². The van der Waals surface area contributed by atoms with Gasteiger partial charge in [0.05, 0.1) is 6.42 Å². The molecule has 2 N–H and O–H groups in total. The number of amides is 2. The lowest BCUT2D eigenvalue weighted by molar-refractivity contribution is -0.120. The second-order valence-electron chi connectivity index (χ2n) is 7.43. The molecule has 0 spiro atoms. The first kappa shape index (κ1) is 20.7. The number of benzene rings is 2. The van der Waals surface area contributed by atoms with E-state index in [-0.39, 0.29) is 18.2 Å². The van der Waals surface area contributed by atoms with Gasteiger partial charge in [-0.15, -0.1) is 0 Å². The topological polar surface area (TPSA) is 58.2 Å². The van der Waals surface area contributed by atoms with Crippen LogP contribution in [0.3, 0.4) is 0 Å². The van der Waals surface area contributed by atoms with E-state index >= 15 is 0 Å². The van der Waals surface area contributed by atoms with Crippen LogP contribution in [0, 0.1) is 0 Å². The van der Waals surface area contributed by atoms with Crippen molar-refractivity contribution in [3.8, 4) is 0 Å². The molecule has 0 unspecified atom stereocenters. The summed E-state index contributed by atoms with van der Waals surface area (Å²) < 4.78 is 0. The highest BCUT2D eigenvalue weighted by Gasteiger charge is 2.16. The fourth-order valence-corrected chi connectivity index (χ4v) is 3.06. The number of carbonyl (C=O) groups excluding carboxylic acids is 2. The van der Waals surface area contributed by atoms with Crippen LogP contribution in [0.15, 0.2) is 48.5 Å². The van der Waals surface area contributed by atoms with E-state index in [1.54, 1.807) is 0 Å². The molecule has 27 heavy (non-hydrogen) atoms. The molecule has 0 aromatic heterocycles. The Kier molecular flexibility index (Phi) is 7.59. The van der Waals surface area contributed by atoms with Gasteiger partial charge in [0.1, 0.15) is 0 Å². The van der Waals surface area contributed by atoms with Gasteiger partial charge in [0.2, 0.25) is 11.8 Å². The van der Waals surface area contributed by atoms with E-state index in [2.05, 4.69) is 50.5 Å². The van der Waals surface area contributed by atoms with Gasteiger partial charge in [0.15, 0.2) is 0 Å². The minimum absolute atomic E-state index is 0.0700. The van der Waals surface area contributed by atoms with E-state index in [1.807, 2.05) is 36.4 Å². The Morgan fingerprint density at radius 3 is 1.96 bits per heavy atom. The zero-order chi connectivity index (χ0) is 19.8. The molecular weight excluding hydrogens is 336 g/mol. The summed E-state index contributed by atoms with van der Waals surface area (Å²) in [5.74, 6) is 0.499. The second kappa shape index (κ2) is 9.91. The minimum atomic E-state index is -0.0787. The largest absolute Gasteiger partial charge is 0.355 e. The average Bonchev–Trinajstić information content (AvgIpc) is 2.62. The Balaban J connectivity index is 1.91. The van der Waals surface area contributed by atoms with Crippen molar-refractivity contribution >= 4 is 17.5 Å². The lowest BCUT2D eigenvalue weighted by Gasteiger charge is -2.20. The van der Waals surface area contributed by atoms with Gasteiger partial charge in [-0.2, -0.15) is 0 Å². The third-order valence-electron chi connectivity index (χ3n) is 4.52. The zero-order valence-electron chi connectivity index (χ0n) is 16.7. The van der Waals surface area contributed by atoms with Crippen LogP contribution in [0.2, 0.25) is 0 Å². The Bertz CT molecular complexity index is 741. The van der Waals surface area contributed by atoms with Gasteiger partial charge < -0.3 is 10.6 Å². The quantitative estimate of drug-likeness (QED) is 0.716. The first-order valence-corrected chi connectivity index (χ1v) is 9.61. The third kappa shape index (κ3) is 6.24. The summed E-state index contributed by atoms with van der Waals surface area (Å²) in [5.41, 5.74) is 4.17. The van der Waals surface area contributed by atoms with Crippen molar-refractivity contribution in [2.24, 2.45) is 0 Å². The van der Waals surface area contributed by atoms with Crippen molar-refractivity contribution in [2.75, 3.05) is 11.9 Å². The Hall–Kier alpha value is -2.62. The monoisotopic (exact) mass is 366 g/mol. The van der Waals surface area contributed by atoms with Crippen LogP contribution < -0.4 is 10.6 Å². The molecule has 2 rings (SSSR count). The van der Waals surface area contributed by atoms with Gasteiger partial charge in [-0.1, -0.05) is 76.2 Å². The number of hydrogen-bond acceptors (Lipinski definition) is 2. The standard InChI is InChI=1S/C23H30N2O2/c1-16(2)19-11-8-12-20(17(3)4)23(19)25-21(26)13-14-24-22(27)15-18-9-6-5-7-10-18/h5-12,16-17H,13-15H2,1-4H3,(H,24,27)(H,25,26). The maximum atomic E-state index is 12.4. The Morgan fingerprint density at radius 2 is 1.41 bits per heavy atom. The number of para-hydroxylation sites is 1. The molecule has 0 fully saturated rings. The van der Waals surface area contributed by atoms with Gasteiger partial charge in [0.25, 0.3) is 0 Å². The van der Waals surface area contributed by atoms with Gasteiger partial charge in [-0.25, -0.2) is 0 Å². The average molecular weight is 367 g/mol. The summed E-state index contributed by atoms with van der Waals surface area (Å²) in [6.07, 6.45) is 0.584. The minimum Gasteiger partial charge on any atom is -0.355 e. The van der Waals surface area contributed by atoms with E-state index < -0.39 is 0 Å². The molecule has 0 heterocycles. The molecular formula is C23H30N2O2. The summed E-state index contributed by atoms with van der Waals surface area (Å²) in [4.78, 5) is 24.4. The molecule has 2 aromatic carbocycles. The van der Waals surface area contributed by atoms with Crippen molar-refractivity contribution in [3.63, 3.8) is 0 Å². The zero-order valence-corrected chi connectivity index (χ0v) is 16.7. The molecule has 0 aliphatic rings. The van der Waals surface area contributed by atoms with Crippen LogP contribution in [0.1, 0.15) is 62.6 Å². The summed E-state index contributed by atoms with van der Waals surface area (Å²) >= 11 is 0. The Labute approximate surface area is 162 Å². The van der Waals surface area contributed by atoms with Crippen LogP contribution in [0.5, 0.6) is 0 Å². The summed E-state index contributed by atoms with van der Waals surface area (Å²) in [7, 11) is 0. The molecule has 4 heteroatoms. The van der Waals surface area contributed by atoms with E-state index in [4.69, 9.17) is 0 Å². The predicted molar refractivity (Wildman–Crippen MR) is 111 cm³/mol. The molecule has 0 aliphatic carbocycles. The van der Waals surface area contributed by atoms with E-state index in [1.165, 1.54) is 0 Å². The summed E-state index contributed by atoms with van der Waals surface area (Å²) in [5, 5.41) is 5.90. The maximum Gasteiger partial charge on any atom is 0.226 e. The van der Waals surface area contributed by atoms with Crippen LogP contribution in [-0.2, 0) is 16.0 Å². The highest BCUT2D eigenvalue weighted by molar-refractivity contribution is 5.93. The Morgan fingerprint density at radius 1 is 0.815 bits per heavy atom. The molecule has 0 atom stereocenters. The predicted octanol–water partition coefficient (Wildman–Crippen LogP) is 4.62. The lowest BCUT2D eigenvalue weighted by atomic mass is 9.92. The number of hydrogen-bond donors (Lipinski definition) is 2. The first-order valence-electron chi connectivity index (χ1n) is 9.61. The molecule has 2 amide bonds. The van der Waals surface area contributed by atoms with Crippen LogP contribution in [0.25, 0.3) is 0 Å². The number of nitrogens with one attached hydrogen (secondary N) is 2. The molecule has 0 radical (unpaired) electrons. The highest BCUT2D eigenvalue weighted by Crippen LogP contribution is 2.32. The summed E-state index contributed by atoms with van der Waals surface area (Å²) in [6, 6.07) is 15.8. The van der Waals surface area contributed by atoms with Gasteiger partial charge in [-0.05, 0) is 28.5 Å². The van der Waals surface area contributed by atoms with Gasteiger partial charge in [0, 0.05) is 18.7 Å². The highest BCUT2D eigenvalue weighted by atomic mass is 16.2. The SMILES string of the molecule is CC(C)c1cccc(C(C)C)c1NC(=O)CCNC(=O)Cc1ccccc1. The van der Waals surface area contributed by atoms with Crippen LogP contribution >= 0.6 is 0 Å². The van der Waals surface area contributed by atoms with Crippen molar-refractivity contribution in [2.45, 2.75) is 52.4 Å². The van der Waals surface area contributed by atoms with Crippen LogP contribution in [0.4, 0.5) is 5.69 Å². The van der Waals surface area contributed by atoms with Crippen molar-refractivity contribution in [3.05, 3.63) is 65.2 Å². The van der Waals surface area contributed by atoms with E-state index in [0.717, 1.165) is 22.4 Å². The van der Waals surface area contributed by atoms with E-state index in [9.17, 15) is 9.59 Å². The smallest absolute Gasteiger partial charge is 0.226 e. The number of rotatable bonds is 8. The van der Waals surface area contributed by atoms with Crippen molar-refractivity contribution in [1.29, 1.82) is 0 Å². The molecule has 144 valence electrons. The van der Waals surface area contributed by atoms with E-state index in [0.29, 0.717) is 24.8 Å². The van der Waals surface area contributed by atoms with Crippen molar-refractivity contribution < 1.29 is 9.59 Å². The van der Waals surface area contributed by atoms with Gasteiger partial charge >= 0.3 is 0 Å². The molecule has 0 saturated heterocycles. The van der Waals surface area contributed by atoms with Gasteiger partial charge in [-0.3, -0.25) is 9.59 Å². The molecule has 0 saturated carbocycles. The third-order valence-corrected chi connectivity index (χ3v) is 4.52. The maximum absolute atomic E-state index is 12.4. The molecule has 4 nitrogen and oxygen atoms in total. The first-order chi connectivity index (χ1) is 12.9. The van der Waals surface area contributed by atoms with Crippen LogP contribution in [-0.4, -0.2) is 18.4 Å². The second-order valence-corrected chi connectivity index (χ2v) is 7.43. The number of carbonyl (C=O) groups is 2. The molecule has 2 aromatic rings. The molecule has 0 bridgehead atoms. The number of anilines is 1.